The fourth-order valence-corrected chi connectivity index (χ4v) is 1.32. The van der Waals surface area contributed by atoms with E-state index in [0.717, 1.165) is 0 Å². The Labute approximate surface area is 61.4 Å². The van der Waals surface area contributed by atoms with Gasteiger partial charge in [0.15, 0.2) is 0 Å². The molecule has 4 nitrogen and oxygen atoms in total. The van der Waals surface area contributed by atoms with E-state index in [1.165, 1.54) is 0 Å². The van der Waals surface area contributed by atoms with Crippen molar-refractivity contribution in [3.8, 4) is 0 Å². The van der Waals surface area contributed by atoms with Crippen LogP contribution in [0.3, 0.4) is 0 Å². The zero-order valence-corrected chi connectivity index (χ0v) is 6.80. The van der Waals surface area contributed by atoms with Crippen LogP contribution in [0.4, 0.5) is 0 Å². The van der Waals surface area contributed by atoms with Crippen LogP contribution in [0.5, 0.6) is 0 Å². The van der Waals surface area contributed by atoms with Crippen LogP contribution in [0.1, 0.15) is 0 Å². The second kappa shape index (κ2) is 4.99. The molecule has 0 bridgehead atoms. The molecule has 60 valence electrons. The van der Waals surface area contributed by atoms with Crippen LogP contribution in [0.15, 0.2) is 0 Å². The van der Waals surface area contributed by atoms with Gasteiger partial charge in [0.25, 0.3) is 0 Å². The molecule has 0 aromatic heterocycles. The summed E-state index contributed by atoms with van der Waals surface area (Å²) in [5.74, 6) is 0. The molecular weight excluding hydrogens is 155 g/mol. The van der Waals surface area contributed by atoms with Gasteiger partial charge in [-0.15, -0.1) is 0 Å². The Hall–Kier alpha value is 0.270. The van der Waals surface area contributed by atoms with Crippen LogP contribution in [0, 0.1) is 0 Å². The summed E-state index contributed by atoms with van der Waals surface area (Å²) in [4.78, 5) is 0. The Morgan fingerprint density at radius 1 is 1.10 bits per heavy atom. The van der Waals surface area contributed by atoms with Crippen molar-refractivity contribution in [3.05, 3.63) is 0 Å². The first kappa shape index (κ1) is 8.37. The minimum atomic E-state index is -1.09. The molecule has 0 N–H and O–H groups in total. The van der Waals surface area contributed by atoms with Crippen LogP contribution in [0.25, 0.3) is 0 Å². The summed E-state index contributed by atoms with van der Waals surface area (Å²) in [6.07, 6.45) is 0. The number of hydrogen-bond acceptors (Lipinski definition) is 4. The van der Waals surface area contributed by atoms with Crippen molar-refractivity contribution >= 4 is 8.60 Å². The molecule has 0 aliphatic carbocycles. The average molecular weight is 166 g/mol. The zero-order valence-electron chi connectivity index (χ0n) is 5.91. The van der Waals surface area contributed by atoms with Gasteiger partial charge in [0.1, 0.15) is 0 Å². The van der Waals surface area contributed by atoms with Crippen molar-refractivity contribution in [2.24, 2.45) is 0 Å². The van der Waals surface area contributed by atoms with E-state index >= 15 is 0 Å². The third-order valence-corrected chi connectivity index (χ3v) is 2.08. The molecule has 10 heavy (non-hydrogen) atoms. The van der Waals surface area contributed by atoms with E-state index in [-0.39, 0.29) is 0 Å². The largest absolute Gasteiger partial charge is 0.377 e. The second-order valence-electron chi connectivity index (χ2n) is 1.69. The summed E-state index contributed by atoms with van der Waals surface area (Å²) in [7, 11) is 0.484. The zero-order chi connectivity index (χ0) is 7.23. The molecule has 1 fully saturated rings. The summed E-state index contributed by atoms with van der Waals surface area (Å²) in [6.45, 7) is 2.37. The summed E-state index contributed by atoms with van der Waals surface area (Å²) >= 11 is 0. The molecule has 0 unspecified atom stereocenters. The highest BCUT2D eigenvalue weighted by molar-refractivity contribution is 7.41. The molecule has 0 spiro atoms. The molecule has 0 saturated carbocycles. The van der Waals surface area contributed by atoms with E-state index < -0.39 is 8.60 Å². The molecule has 1 rings (SSSR count). The van der Waals surface area contributed by atoms with Crippen LogP contribution in [-0.4, -0.2) is 33.5 Å². The predicted molar refractivity (Wildman–Crippen MR) is 36.7 cm³/mol. The highest BCUT2D eigenvalue weighted by Crippen LogP contribution is 2.38. The predicted octanol–water partition coefficient (Wildman–Crippen LogP) is 0.923. The highest BCUT2D eigenvalue weighted by Gasteiger charge is 2.11. The van der Waals surface area contributed by atoms with Gasteiger partial charge < -0.3 is 18.3 Å². The Balaban J connectivity index is 2.16. The topological polar surface area (TPSA) is 36.9 Å². The lowest BCUT2D eigenvalue weighted by Crippen LogP contribution is -2.11. The van der Waals surface area contributed by atoms with E-state index in [4.69, 9.17) is 18.3 Å². The molecule has 5 heteroatoms. The smallest absolute Gasteiger partial charge is 0.332 e. The van der Waals surface area contributed by atoms with Crippen molar-refractivity contribution in [2.75, 3.05) is 33.5 Å². The molecule has 0 aromatic rings. The highest BCUT2D eigenvalue weighted by atomic mass is 31.2. The van der Waals surface area contributed by atoms with Crippen molar-refractivity contribution in [2.45, 2.75) is 0 Å². The Morgan fingerprint density at radius 2 is 1.70 bits per heavy atom. The van der Waals surface area contributed by atoms with Crippen LogP contribution < -0.4 is 0 Å². The molecule has 0 amide bonds. The molecule has 0 atom stereocenters. The number of ether oxygens (including phenoxy) is 1. The minimum absolute atomic E-state index is 0.555. The van der Waals surface area contributed by atoms with Gasteiger partial charge in [-0.3, -0.25) is 0 Å². The Bertz CT molecular complexity index is 81.7. The van der Waals surface area contributed by atoms with Crippen molar-refractivity contribution in [1.29, 1.82) is 0 Å². The Kier molecular flexibility index (Phi) is 4.18. The molecule has 0 aromatic carbocycles. The van der Waals surface area contributed by atoms with E-state index in [2.05, 4.69) is 0 Å². The van der Waals surface area contributed by atoms with Gasteiger partial charge in [-0.05, 0) is 0 Å². The van der Waals surface area contributed by atoms with Gasteiger partial charge in [0.05, 0.1) is 26.4 Å². The number of hydrogen-bond donors (Lipinski definition) is 0. The Morgan fingerprint density at radius 3 is 2.20 bits per heavy atom. The van der Waals surface area contributed by atoms with Crippen molar-refractivity contribution in [1.82, 2.24) is 0 Å². The minimum Gasteiger partial charge on any atom is -0.377 e. The third-order valence-electron chi connectivity index (χ3n) is 0.998. The number of rotatable bonds is 1. The van der Waals surface area contributed by atoms with Crippen molar-refractivity contribution in [3.63, 3.8) is 0 Å². The second-order valence-corrected chi connectivity index (χ2v) is 3.01. The molecule has 0 radical (unpaired) electrons. The fraction of sp³-hybridized carbons (Fsp3) is 1.00. The van der Waals surface area contributed by atoms with Gasteiger partial charge in [0.2, 0.25) is 0 Å². The first-order valence-corrected chi connectivity index (χ1v) is 4.21. The van der Waals surface area contributed by atoms with Crippen molar-refractivity contribution < 1.29 is 18.3 Å². The van der Waals surface area contributed by atoms with Crippen LogP contribution in [-0.2, 0) is 18.3 Å². The standard InChI is InChI=1S/C5H11O4P/c1-6-10-8-4-2-7-3-5-9-10/h2-5H2,1H3. The third kappa shape index (κ3) is 2.90. The molecule has 1 aliphatic rings. The lowest BCUT2D eigenvalue weighted by Gasteiger charge is -2.17. The first-order valence-electron chi connectivity index (χ1n) is 3.11. The fourth-order valence-electron chi connectivity index (χ4n) is 0.586. The SMILES string of the molecule is COP1OCCOCCO1. The molecule has 1 saturated heterocycles. The lowest BCUT2D eigenvalue weighted by molar-refractivity contribution is 0.0382. The average Bonchev–Trinajstić information content (AvgIpc) is 1.87. The van der Waals surface area contributed by atoms with Gasteiger partial charge in [-0.25, -0.2) is 0 Å². The first-order chi connectivity index (χ1) is 4.93. The molecule has 1 aliphatic heterocycles. The van der Waals surface area contributed by atoms with E-state index in [1.807, 2.05) is 0 Å². The lowest BCUT2D eigenvalue weighted by atomic mass is 10.7. The van der Waals surface area contributed by atoms with Gasteiger partial charge in [0, 0.05) is 7.11 Å². The van der Waals surface area contributed by atoms with Gasteiger partial charge >= 0.3 is 8.60 Å². The maximum atomic E-state index is 5.13. The van der Waals surface area contributed by atoms with E-state index in [1.54, 1.807) is 7.11 Å². The summed E-state index contributed by atoms with van der Waals surface area (Å²) in [5.41, 5.74) is 0. The van der Waals surface area contributed by atoms with Crippen LogP contribution >= 0.6 is 8.60 Å². The maximum absolute atomic E-state index is 5.13. The summed E-state index contributed by atoms with van der Waals surface area (Å²) in [5, 5.41) is 0. The van der Waals surface area contributed by atoms with Gasteiger partial charge in [-0.2, -0.15) is 0 Å². The van der Waals surface area contributed by atoms with E-state index in [9.17, 15) is 0 Å². The maximum Gasteiger partial charge on any atom is 0.332 e. The molecular formula is C5H11O4P. The monoisotopic (exact) mass is 166 g/mol. The van der Waals surface area contributed by atoms with Gasteiger partial charge in [-0.1, -0.05) is 0 Å². The van der Waals surface area contributed by atoms with Crippen LogP contribution in [0.2, 0.25) is 0 Å². The normalized spacial score (nSPS) is 23.7. The van der Waals surface area contributed by atoms with E-state index in [0.29, 0.717) is 26.4 Å². The quantitative estimate of drug-likeness (QED) is 0.543. The summed E-state index contributed by atoms with van der Waals surface area (Å²) < 4.78 is 20.2. The summed E-state index contributed by atoms with van der Waals surface area (Å²) in [6, 6.07) is 0. The molecule has 1 heterocycles.